The number of amides is 2. The normalized spacial score (nSPS) is 12.1. The second kappa shape index (κ2) is 11.5. The molecule has 2 aromatic carbocycles. The number of ether oxygens (including phenoxy) is 2. The fraction of sp³-hybridized carbons (Fsp3) is 0.440. The third-order valence-corrected chi connectivity index (χ3v) is 4.83. The topological polar surface area (TPSA) is 67.9 Å². The van der Waals surface area contributed by atoms with Crippen LogP contribution in [0.2, 0.25) is 0 Å². The first-order valence-electron chi connectivity index (χ1n) is 10.7. The van der Waals surface area contributed by atoms with Crippen LogP contribution in [-0.4, -0.2) is 42.0 Å². The third kappa shape index (κ3) is 7.87. The van der Waals surface area contributed by atoms with Gasteiger partial charge >= 0.3 is 0 Å². The van der Waals surface area contributed by atoms with E-state index in [2.05, 4.69) is 5.32 Å². The Morgan fingerprint density at radius 1 is 1.06 bits per heavy atom. The van der Waals surface area contributed by atoms with Gasteiger partial charge in [-0.3, -0.25) is 9.59 Å². The van der Waals surface area contributed by atoms with Crippen LogP contribution in [0.25, 0.3) is 0 Å². The van der Waals surface area contributed by atoms with Crippen molar-refractivity contribution in [3.05, 3.63) is 59.9 Å². The van der Waals surface area contributed by atoms with Gasteiger partial charge in [-0.25, -0.2) is 4.39 Å². The van der Waals surface area contributed by atoms with Gasteiger partial charge in [0.1, 0.15) is 23.4 Å². The third-order valence-electron chi connectivity index (χ3n) is 4.83. The van der Waals surface area contributed by atoms with Crippen molar-refractivity contribution in [1.29, 1.82) is 0 Å². The predicted octanol–water partition coefficient (Wildman–Crippen LogP) is 4.33. The minimum atomic E-state index is -0.746. The number of nitrogens with one attached hydrogen (secondary N) is 1. The summed E-state index contributed by atoms with van der Waals surface area (Å²) in [7, 11) is 1.59. The number of benzene rings is 2. The van der Waals surface area contributed by atoms with Crippen LogP contribution in [0, 0.1) is 5.82 Å². The molecule has 174 valence electrons. The van der Waals surface area contributed by atoms with Gasteiger partial charge in [0.15, 0.2) is 0 Å². The zero-order chi connectivity index (χ0) is 23.7. The summed E-state index contributed by atoms with van der Waals surface area (Å²) in [5.74, 6) is 0.495. The average molecular weight is 445 g/mol. The lowest BCUT2D eigenvalue weighted by molar-refractivity contribution is -0.141. The zero-order valence-electron chi connectivity index (χ0n) is 19.5. The van der Waals surface area contributed by atoms with Crippen LogP contribution in [0.1, 0.15) is 46.1 Å². The Kier molecular flexibility index (Phi) is 9.05. The molecule has 6 nitrogen and oxygen atoms in total. The molecule has 0 aliphatic carbocycles. The Bertz CT molecular complexity index is 894. The molecule has 1 N–H and O–H groups in total. The first-order chi connectivity index (χ1) is 15.1. The SMILES string of the molecule is COc1ccc(OCCCC(=O)N(Cc2ccccc2F)C(C)C(=O)NC(C)(C)C)cc1. The number of rotatable bonds is 10. The zero-order valence-corrected chi connectivity index (χ0v) is 19.5. The highest BCUT2D eigenvalue weighted by Crippen LogP contribution is 2.18. The van der Waals surface area contributed by atoms with E-state index in [1.165, 1.54) is 11.0 Å². The minimum Gasteiger partial charge on any atom is -0.497 e. The Morgan fingerprint density at radius 2 is 1.69 bits per heavy atom. The molecule has 0 radical (unpaired) electrons. The number of halogens is 1. The van der Waals surface area contributed by atoms with Crippen LogP contribution in [0.15, 0.2) is 48.5 Å². The van der Waals surface area contributed by atoms with Gasteiger partial charge in [0.25, 0.3) is 0 Å². The molecule has 0 saturated heterocycles. The monoisotopic (exact) mass is 444 g/mol. The highest BCUT2D eigenvalue weighted by Gasteiger charge is 2.28. The van der Waals surface area contributed by atoms with Gasteiger partial charge in [-0.2, -0.15) is 0 Å². The summed E-state index contributed by atoms with van der Waals surface area (Å²) in [6.07, 6.45) is 0.643. The van der Waals surface area contributed by atoms with Gasteiger partial charge in [-0.05, 0) is 64.4 Å². The summed E-state index contributed by atoms with van der Waals surface area (Å²) in [4.78, 5) is 27.2. The molecule has 2 aromatic rings. The summed E-state index contributed by atoms with van der Waals surface area (Å²) >= 11 is 0. The lowest BCUT2D eigenvalue weighted by Gasteiger charge is -2.31. The van der Waals surface area contributed by atoms with E-state index < -0.39 is 17.4 Å². The fourth-order valence-electron chi connectivity index (χ4n) is 3.10. The van der Waals surface area contributed by atoms with Gasteiger partial charge < -0.3 is 19.7 Å². The molecule has 1 atom stereocenters. The van der Waals surface area contributed by atoms with Crippen molar-refractivity contribution in [2.45, 2.75) is 58.7 Å². The summed E-state index contributed by atoms with van der Waals surface area (Å²) in [6, 6.07) is 12.7. The number of nitrogens with zero attached hydrogens (tertiary/aromatic N) is 1. The van der Waals surface area contributed by atoms with Gasteiger partial charge in [-0.15, -0.1) is 0 Å². The van der Waals surface area contributed by atoms with E-state index in [4.69, 9.17) is 9.47 Å². The lowest BCUT2D eigenvalue weighted by Crippen LogP contribution is -2.52. The molecule has 1 unspecified atom stereocenters. The van der Waals surface area contributed by atoms with Crippen molar-refractivity contribution in [2.75, 3.05) is 13.7 Å². The smallest absolute Gasteiger partial charge is 0.242 e. The Hall–Kier alpha value is -3.09. The van der Waals surface area contributed by atoms with Crippen LogP contribution >= 0.6 is 0 Å². The molecule has 0 saturated carbocycles. The molecular weight excluding hydrogens is 411 g/mol. The van der Waals surface area contributed by atoms with Crippen LogP contribution in [-0.2, 0) is 16.1 Å². The highest BCUT2D eigenvalue weighted by molar-refractivity contribution is 5.87. The molecule has 0 fully saturated rings. The molecule has 0 bridgehead atoms. The van der Waals surface area contributed by atoms with Crippen LogP contribution in [0.4, 0.5) is 4.39 Å². The molecule has 2 amide bonds. The van der Waals surface area contributed by atoms with E-state index in [-0.39, 0.29) is 24.8 Å². The average Bonchev–Trinajstić information content (AvgIpc) is 2.74. The number of hydrogen-bond donors (Lipinski definition) is 1. The first-order valence-corrected chi connectivity index (χ1v) is 10.7. The van der Waals surface area contributed by atoms with E-state index in [0.717, 1.165) is 5.75 Å². The van der Waals surface area contributed by atoms with Crippen LogP contribution in [0.5, 0.6) is 11.5 Å². The highest BCUT2D eigenvalue weighted by atomic mass is 19.1. The largest absolute Gasteiger partial charge is 0.497 e. The second-order valence-electron chi connectivity index (χ2n) is 8.66. The molecule has 0 aliphatic heterocycles. The van der Waals surface area contributed by atoms with Crippen LogP contribution < -0.4 is 14.8 Å². The van der Waals surface area contributed by atoms with E-state index >= 15 is 0 Å². The summed E-state index contributed by atoms with van der Waals surface area (Å²) in [5, 5.41) is 2.89. The summed E-state index contributed by atoms with van der Waals surface area (Å²) in [6.45, 7) is 7.64. The van der Waals surface area contributed by atoms with Crippen molar-refractivity contribution in [2.24, 2.45) is 0 Å². The molecule has 32 heavy (non-hydrogen) atoms. The van der Waals surface area contributed by atoms with Crippen LogP contribution in [0.3, 0.4) is 0 Å². The van der Waals surface area contributed by atoms with Crippen molar-refractivity contribution in [3.63, 3.8) is 0 Å². The van der Waals surface area contributed by atoms with Gasteiger partial charge in [0.2, 0.25) is 11.8 Å². The standard InChI is InChI=1S/C25H33FN2O4/c1-18(24(30)27-25(2,3)4)28(17-19-9-6-7-10-22(19)26)23(29)11-8-16-32-21-14-12-20(31-5)13-15-21/h6-7,9-10,12-15,18H,8,11,16-17H2,1-5H3,(H,27,30). The molecular formula is C25H33FN2O4. The van der Waals surface area contributed by atoms with Crippen molar-refractivity contribution in [3.8, 4) is 11.5 Å². The molecule has 0 aliphatic rings. The molecule has 0 aromatic heterocycles. The Labute approximate surface area is 189 Å². The molecule has 2 rings (SSSR count). The van der Waals surface area contributed by atoms with Gasteiger partial charge in [0, 0.05) is 24.1 Å². The maximum Gasteiger partial charge on any atom is 0.242 e. The van der Waals surface area contributed by atoms with E-state index in [9.17, 15) is 14.0 Å². The number of carbonyl (C=O) groups is 2. The quantitative estimate of drug-likeness (QED) is 0.554. The summed E-state index contributed by atoms with van der Waals surface area (Å²) in [5.41, 5.74) is -0.0738. The van der Waals surface area contributed by atoms with E-state index in [1.54, 1.807) is 56.5 Å². The van der Waals surface area contributed by atoms with E-state index in [0.29, 0.717) is 24.3 Å². The minimum absolute atomic E-state index is 0.0174. The maximum absolute atomic E-state index is 14.2. The first kappa shape index (κ1) is 25.2. The Morgan fingerprint density at radius 3 is 2.28 bits per heavy atom. The van der Waals surface area contributed by atoms with Gasteiger partial charge in [0.05, 0.1) is 13.7 Å². The number of hydrogen-bond acceptors (Lipinski definition) is 4. The maximum atomic E-state index is 14.2. The van der Waals surface area contributed by atoms with Gasteiger partial charge in [-0.1, -0.05) is 18.2 Å². The fourth-order valence-corrected chi connectivity index (χ4v) is 3.10. The lowest BCUT2D eigenvalue weighted by atomic mass is 10.1. The number of carbonyl (C=O) groups excluding carboxylic acids is 2. The number of methoxy groups -OCH3 is 1. The molecule has 0 spiro atoms. The molecule has 0 heterocycles. The Balaban J connectivity index is 2.02. The second-order valence-corrected chi connectivity index (χ2v) is 8.66. The van der Waals surface area contributed by atoms with E-state index in [1.807, 2.05) is 20.8 Å². The van der Waals surface area contributed by atoms with Crippen molar-refractivity contribution < 1.29 is 23.5 Å². The van der Waals surface area contributed by atoms with Crippen molar-refractivity contribution in [1.82, 2.24) is 10.2 Å². The summed E-state index contributed by atoms with van der Waals surface area (Å²) < 4.78 is 25.0. The van der Waals surface area contributed by atoms with Crippen molar-refractivity contribution >= 4 is 11.8 Å². The molecule has 7 heteroatoms. The predicted molar refractivity (Wildman–Crippen MR) is 122 cm³/mol.